The lowest BCUT2D eigenvalue weighted by atomic mass is 9.93. The fraction of sp³-hybridized carbons (Fsp3) is 0.417. The van der Waals surface area contributed by atoms with Gasteiger partial charge in [0, 0.05) is 37.0 Å². The number of hydrogen-bond acceptors (Lipinski definition) is 8. The molecule has 1 aromatic carbocycles. The molecule has 1 aromatic heterocycles. The van der Waals surface area contributed by atoms with E-state index in [1.165, 1.54) is 41.5 Å². The van der Waals surface area contributed by atoms with Gasteiger partial charge in [-0.2, -0.15) is 0 Å². The zero-order valence-electron chi connectivity index (χ0n) is 27.6. The van der Waals surface area contributed by atoms with E-state index in [1.807, 2.05) is 19.1 Å². The third-order valence-electron chi connectivity index (χ3n) is 8.15. The maximum atomic E-state index is 13.6. The van der Waals surface area contributed by atoms with Crippen LogP contribution in [0.15, 0.2) is 83.1 Å². The minimum absolute atomic E-state index is 0.101. The molecule has 256 valence electrons. The molecule has 0 spiro atoms. The summed E-state index contributed by atoms with van der Waals surface area (Å²) in [7, 11) is 0. The lowest BCUT2D eigenvalue weighted by Gasteiger charge is -2.30. The van der Waals surface area contributed by atoms with E-state index in [1.54, 1.807) is 19.9 Å². The molecule has 1 saturated heterocycles. The molecule has 0 aliphatic carbocycles. The van der Waals surface area contributed by atoms with E-state index in [2.05, 4.69) is 28.3 Å². The Labute approximate surface area is 279 Å². The number of nitrogens with zero attached hydrogens (tertiary/aromatic N) is 2. The van der Waals surface area contributed by atoms with Crippen molar-refractivity contribution < 1.29 is 37.5 Å². The monoisotopic (exact) mass is 662 g/mol. The number of halogens is 1. The van der Waals surface area contributed by atoms with E-state index >= 15 is 0 Å². The molecule has 2 bridgehead atoms. The van der Waals surface area contributed by atoms with E-state index in [0.29, 0.717) is 50.4 Å². The quantitative estimate of drug-likeness (QED) is 0.304. The predicted molar refractivity (Wildman–Crippen MR) is 177 cm³/mol. The maximum Gasteiger partial charge on any atom is 0.411 e. The van der Waals surface area contributed by atoms with E-state index in [4.69, 9.17) is 13.9 Å². The van der Waals surface area contributed by atoms with Crippen LogP contribution in [0.1, 0.15) is 62.8 Å². The molecule has 11 nitrogen and oxygen atoms in total. The van der Waals surface area contributed by atoms with Gasteiger partial charge in [-0.3, -0.25) is 14.9 Å². The van der Waals surface area contributed by atoms with Crippen LogP contribution in [0.4, 0.5) is 14.9 Å². The van der Waals surface area contributed by atoms with E-state index in [9.17, 15) is 23.6 Å². The van der Waals surface area contributed by atoms with Gasteiger partial charge in [0.05, 0.1) is 6.61 Å². The largest absolute Gasteiger partial charge is 0.460 e. The average Bonchev–Trinajstić information content (AvgIpc) is 3.74. The molecule has 4 rings (SSSR count). The van der Waals surface area contributed by atoms with Crippen LogP contribution in [0, 0.1) is 17.7 Å². The highest BCUT2D eigenvalue weighted by atomic mass is 19.1. The van der Waals surface area contributed by atoms with Crippen molar-refractivity contribution in [2.24, 2.45) is 11.8 Å². The third-order valence-corrected chi connectivity index (χ3v) is 8.15. The second-order valence-corrected chi connectivity index (χ2v) is 12.2. The average molecular weight is 663 g/mol. The Morgan fingerprint density at radius 3 is 2.77 bits per heavy atom. The summed E-state index contributed by atoms with van der Waals surface area (Å²) in [5.74, 6) is -2.43. The highest BCUT2D eigenvalue weighted by molar-refractivity contribution is 5.95. The Kier molecular flexibility index (Phi) is 12.9. The van der Waals surface area contributed by atoms with Crippen LogP contribution in [-0.4, -0.2) is 65.6 Å². The van der Waals surface area contributed by atoms with E-state index in [-0.39, 0.29) is 18.2 Å². The van der Waals surface area contributed by atoms with Crippen LogP contribution in [0.5, 0.6) is 0 Å². The van der Waals surface area contributed by atoms with Crippen LogP contribution in [0.2, 0.25) is 0 Å². The predicted octanol–water partition coefficient (Wildman–Crippen LogP) is 5.92. The van der Waals surface area contributed by atoms with Crippen molar-refractivity contribution in [1.82, 2.24) is 15.2 Å². The molecule has 12 heteroatoms. The molecule has 2 aromatic rings. The number of benzene rings is 1. The number of carbonyl (C=O) groups excluding carboxylic acids is 4. The van der Waals surface area contributed by atoms with E-state index < -0.39 is 47.8 Å². The van der Waals surface area contributed by atoms with Gasteiger partial charge in [-0.15, -0.1) is 0 Å². The van der Waals surface area contributed by atoms with Crippen molar-refractivity contribution >= 4 is 29.6 Å². The first kappa shape index (κ1) is 35.8. The van der Waals surface area contributed by atoms with Crippen molar-refractivity contribution in [3.8, 4) is 0 Å². The highest BCUT2D eigenvalue weighted by Gasteiger charge is 2.39. The summed E-state index contributed by atoms with van der Waals surface area (Å²) < 4.78 is 30.3. The summed E-state index contributed by atoms with van der Waals surface area (Å²) in [5, 5.41) is 5.33. The van der Waals surface area contributed by atoms with Gasteiger partial charge in [-0.25, -0.2) is 19.0 Å². The number of nitrogens with one attached hydrogen (secondary N) is 2. The van der Waals surface area contributed by atoms with Gasteiger partial charge in [-0.1, -0.05) is 55.9 Å². The highest BCUT2D eigenvalue weighted by Crippen LogP contribution is 2.26. The molecule has 3 heterocycles. The molecular formula is C36H43FN4O7. The van der Waals surface area contributed by atoms with Gasteiger partial charge in [0.1, 0.15) is 24.2 Å². The Hall–Kier alpha value is -5.00. The number of amides is 3. The lowest BCUT2D eigenvalue weighted by molar-refractivity contribution is -0.159. The van der Waals surface area contributed by atoms with Crippen LogP contribution >= 0.6 is 0 Å². The number of anilines is 1. The summed E-state index contributed by atoms with van der Waals surface area (Å²) in [6.07, 6.45) is 11.4. The second-order valence-electron chi connectivity index (χ2n) is 12.2. The summed E-state index contributed by atoms with van der Waals surface area (Å²) in [4.78, 5) is 58.0. The molecule has 0 radical (unpaired) electrons. The number of allylic oxidation sites excluding steroid dienone is 4. The first-order valence-electron chi connectivity index (χ1n) is 16.1. The standard InChI is InChI=1S/C36H43FN4O7/c1-23-8-5-9-24(2)20-32-40-29(22-46-32)34(43)41-19-7-11-30(41)35(44)48-33(25(3)12-17-31(42)38-18-6-10-23)26(4)21-47-36(45)39-28-15-13-27(37)14-16-28/h6,8,10,12-17,22,25-26,30,33H,2,5,7,9,11,18-21H2,1,3-4H3,(H,38,42)(H,39,45)/b10-6+,17-12+,23-8+/t25-,26-,30-,33+/m1/s1. The summed E-state index contributed by atoms with van der Waals surface area (Å²) >= 11 is 0. The van der Waals surface area contributed by atoms with Crippen LogP contribution in [0.3, 0.4) is 0 Å². The van der Waals surface area contributed by atoms with Gasteiger partial charge in [-0.05, 0) is 62.9 Å². The Bertz CT molecular complexity index is 1560. The number of aromatic nitrogens is 1. The Morgan fingerprint density at radius 2 is 2.00 bits per heavy atom. The van der Waals surface area contributed by atoms with Crippen molar-refractivity contribution in [3.63, 3.8) is 0 Å². The van der Waals surface area contributed by atoms with Crippen molar-refractivity contribution in [2.75, 3.05) is 25.0 Å². The fourth-order valence-corrected chi connectivity index (χ4v) is 5.52. The Morgan fingerprint density at radius 1 is 1.23 bits per heavy atom. The minimum Gasteiger partial charge on any atom is -0.460 e. The number of fused-ring (bicyclic) bond motifs is 3. The number of oxazole rings is 1. The van der Waals surface area contributed by atoms with Crippen molar-refractivity contribution in [3.05, 3.63) is 96.0 Å². The molecule has 1 fully saturated rings. The first-order valence-corrected chi connectivity index (χ1v) is 16.1. The molecule has 48 heavy (non-hydrogen) atoms. The normalized spacial score (nSPS) is 24.7. The van der Waals surface area contributed by atoms with Crippen molar-refractivity contribution in [2.45, 2.75) is 65.0 Å². The van der Waals surface area contributed by atoms with Gasteiger partial charge in [0.25, 0.3) is 5.91 Å². The smallest absolute Gasteiger partial charge is 0.411 e. The second kappa shape index (κ2) is 17.2. The Balaban J connectivity index is 1.52. The minimum atomic E-state index is -0.854. The topological polar surface area (TPSA) is 140 Å². The SMILES string of the molecule is C=C1CC/C=C(C)/C=C/CNC(=O)/C=C/[C@@H](C)[C@@H]([C@H](C)COC(=O)Nc2ccc(F)cc2)OC(=O)[C@H]2CCCN2C(=O)c2coc(n2)C1. The summed E-state index contributed by atoms with van der Waals surface area (Å²) in [6.45, 7) is 10.2. The molecule has 2 N–H and O–H groups in total. The first-order chi connectivity index (χ1) is 23.0. The van der Waals surface area contributed by atoms with Crippen molar-refractivity contribution in [1.29, 1.82) is 0 Å². The maximum absolute atomic E-state index is 13.6. The number of carbonyl (C=O) groups is 4. The van der Waals surface area contributed by atoms with Gasteiger partial charge in [0.15, 0.2) is 11.6 Å². The van der Waals surface area contributed by atoms with Crippen LogP contribution in [-0.2, 0) is 25.5 Å². The number of esters is 1. The number of hydrogen-bond donors (Lipinski definition) is 2. The lowest BCUT2D eigenvalue weighted by Crippen LogP contribution is -2.44. The third kappa shape index (κ3) is 10.5. The number of rotatable bonds is 4. The van der Waals surface area contributed by atoms with Crippen LogP contribution < -0.4 is 10.6 Å². The number of ether oxygens (including phenoxy) is 2. The molecule has 0 unspecified atom stereocenters. The molecule has 0 saturated carbocycles. The van der Waals surface area contributed by atoms with E-state index in [0.717, 1.165) is 17.6 Å². The number of cyclic esters (lactones) is 1. The van der Waals surface area contributed by atoms with Crippen LogP contribution in [0.25, 0.3) is 0 Å². The van der Waals surface area contributed by atoms with Gasteiger partial charge in [0.2, 0.25) is 5.91 Å². The molecule has 3 amide bonds. The molecule has 4 atom stereocenters. The fourth-order valence-electron chi connectivity index (χ4n) is 5.52. The molecule has 2 aliphatic heterocycles. The zero-order valence-corrected chi connectivity index (χ0v) is 27.6. The van der Waals surface area contributed by atoms with Gasteiger partial charge < -0.3 is 24.1 Å². The zero-order chi connectivity index (χ0) is 34.6. The summed E-state index contributed by atoms with van der Waals surface area (Å²) in [6, 6.07) is 4.37. The van der Waals surface area contributed by atoms with Gasteiger partial charge >= 0.3 is 12.1 Å². The molecule has 2 aliphatic rings. The molecular weight excluding hydrogens is 619 g/mol. The summed E-state index contributed by atoms with van der Waals surface area (Å²) in [5.41, 5.74) is 2.39.